The minimum absolute atomic E-state index is 0.104. The molecule has 6 nitrogen and oxygen atoms in total. The molecule has 0 atom stereocenters. The van der Waals surface area contributed by atoms with Gasteiger partial charge in [-0.1, -0.05) is 12.1 Å². The maximum atomic E-state index is 11.5. The van der Waals surface area contributed by atoms with Crippen LogP contribution >= 0.6 is 0 Å². The van der Waals surface area contributed by atoms with E-state index in [2.05, 4.69) is 10.3 Å². The molecule has 0 unspecified atom stereocenters. The molecule has 6 heteroatoms. The van der Waals surface area contributed by atoms with Gasteiger partial charge in [0.15, 0.2) is 5.76 Å². The fraction of sp³-hybridized carbons (Fsp3) is 0.231. The number of carbonyl (C=O) groups excluding carboxylic acids is 1. The number of nitrogen functional groups attached to an aromatic ring is 1. The van der Waals surface area contributed by atoms with Crippen molar-refractivity contribution in [3.05, 3.63) is 30.5 Å². The highest BCUT2D eigenvalue weighted by Crippen LogP contribution is 2.24. The maximum Gasteiger partial charge on any atom is 0.411 e. The minimum Gasteiger partial charge on any atom is -0.447 e. The highest BCUT2D eigenvalue weighted by molar-refractivity contribution is 5.85. The molecule has 0 spiro atoms. The first kappa shape index (κ1) is 12.9. The van der Waals surface area contributed by atoms with Gasteiger partial charge in [-0.05, 0) is 26.0 Å². The molecule has 0 aliphatic rings. The standard InChI is InChI=1S/C13H15N3O3/c1-8(2)18-13(17)16-10-5-3-4-9(6-10)11-7-15-12(14)19-11/h3-8H,1-2H3,(H2,14,15)(H,16,17). The van der Waals surface area contributed by atoms with E-state index in [1.807, 2.05) is 6.07 Å². The summed E-state index contributed by atoms with van der Waals surface area (Å²) in [7, 11) is 0. The lowest BCUT2D eigenvalue weighted by Crippen LogP contribution is -2.17. The van der Waals surface area contributed by atoms with Crippen molar-refractivity contribution in [2.45, 2.75) is 20.0 Å². The number of hydrogen-bond donors (Lipinski definition) is 2. The van der Waals surface area contributed by atoms with E-state index in [4.69, 9.17) is 14.9 Å². The number of anilines is 2. The van der Waals surface area contributed by atoms with E-state index in [0.29, 0.717) is 11.4 Å². The van der Waals surface area contributed by atoms with Crippen LogP contribution in [0, 0.1) is 0 Å². The fourth-order valence-electron chi connectivity index (χ4n) is 1.53. The Balaban J connectivity index is 2.13. The normalized spacial score (nSPS) is 10.5. The van der Waals surface area contributed by atoms with Crippen molar-refractivity contribution in [1.29, 1.82) is 0 Å². The number of rotatable bonds is 3. The molecule has 0 radical (unpaired) electrons. The van der Waals surface area contributed by atoms with Crippen LogP contribution in [0.5, 0.6) is 0 Å². The van der Waals surface area contributed by atoms with Crippen LogP contribution in [0.2, 0.25) is 0 Å². The molecular formula is C13H15N3O3. The Morgan fingerprint density at radius 3 is 2.89 bits per heavy atom. The second kappa shape index (κ2) is 5.43. The molecule has 1 aromatic carbocycles. The second-order valence-electron chi connectivity index (χ2n) is 4.22. The molecule has 0 aliphatic heterocycles. The van der Waals surface area contributed by atoms with Crippen LogP contribution in [0.15, 0.2) is 34.9 Å². The Morgan fingerprint density at radius 1 is 1.47 bits per heavy atom. The average molecular weight is 261 g/mol. The van der Waals surface area contributed by atoms with E-state index in [-0.39, 0.29) is 12.1 Å². The lowest BCUT2D eigenvalue weighted by molar-refractivity contribution is 0.130. The highest BCUT2D eigenvalue weighted by atomic mass is 16.6. The minimum atomic E-state index is -0.496. The molecule has 0 fully saturated rings. The number of nitrogens with two attached hydrogens (primary N) is 1. The van der Waals surface area contributed by atoms with Crippen LogP contribution in [-0.2, 0) is 4.74 Å². The molecule has 0 bridgehead atoms. The average Bonchev–Trinajstić information content (AvgIpc) is 2.75. The molecule has 1 aromatic heterocycles. The molecule has 2 rings (SSSR count). The number of nitrogens with one attached hydrogen (secondary N) is 1. The Hall–Kier alpha value is -2.50. The van der Waals surface area contributed by atoms with E-state index in [0.717, 1.165) is 5.56 Å². The Labute approximate surface area is 110 Å². The Kier molecular flexibility index (Phi) is 3.70. The van der Waals surface area contributed by atoms with Crippen molar-refractivity contribution in [2.75, 3.05) is 11.1 Å². The molecule has 3 N–H and O–H groups in total. The smallest absolute Gasteiger partial charge is 0.411 e. The summed E-state index contributed by atoms with van der Waals surface area (Å²) in [5.41, 5.74) is 6.80. The summed E-state index contributed by atoms with van der Waals surface area (Å²) in [4.78, 5) is 15.3. The summed E-state index contributed by atoms with van der Waals surface area (Å²) in [6, 6.07) is 7.23. The Morgan fingerprint density at radius 2 is 2.26 bits per heavy atom. The second-order valence-corrected chi connectivity index (χ2v) is 4.22. The molecule has 2 aromatic rings. The van der Waals surface area contributed by atoms with E-state index in [1.165, 1.54) is 6.20 Å². The van der Waals surface area contributed by atoms with Gasteiger partial charge in [-0.25, -0.2) is 9.78 Å². The Bertz CT molecular complexity index is 578. The lowest BCUT2D eigenvalue weighted by Gasteiger charge is -2.09. The lowest BCUT2D eigenvalue weighted by atomic mass is 10.1. The first-order valence-corrected chi connectivity index (χ1v) is 5.84. The zero-order valence-electron chi connectivity index (χ0n) is 10.7. The van der Waals surface area contributed by atoms with E-state index in [1.54, 1.807) is 32.0 Å². The summed E-state index contributed by atoms with van der Waals surface area (Å²) in [6.07, 6.45) is 0.863. The predicted molar refractivity (Wildman–Crippen MR) is 71.6 cm³/mol. The summed E-state index contributed by atoms with van der Waals surface area (Å²) >= 11 is 0. The third-order valence-corrected chi connectivity index (χ3v) is 2.26. The number of ether oxygens (including phenoxy) is 1. The first-order chi connectivity index (χ1) is 9.04. The number of hydrogen-bond acceptors (Lipinski definition) is 5. The van der Waals surface area contributed by atoms with Gasteiger partial charge in [0, 0.05) is 11.3 Å². The number of nitrogens with zero attached hydrogens (tertiary/aromatic N) is 1. The van der Waals surface area contributed by atoms with Crippen LogP contribution in [0.25, 0.3) is 11.3 Å². The maximum absolute atomic E-state index is 11.5. The first-order valence-electron chi connectivity index (χ1n) is 5.84. The molecular weight excluding hydrogens is 246 g/mol. The number of benzene rings is 1. The highest BCUT2D eigenvalue weighted by Gasteiger charge is 2.08. The zero-order valence-corrected chi connectivity index (χ0v) is 10.7. The SMILES string of the molecule is CC(C)OC(=O)Nc1cccc(-c2cnc(N)o2)c1. The van der Waals surface area contributed by atoms with Crippen molar-refractivity contribution >= 4 is 17.8 Å². The molecule has 0 aliphatic carbocycles. The number of carbonyl (C=O) groups is 1. The van der Waals surface area contributed by atoms with Crippen molar-refractivity contribution in [2.24, 2.45) is 0 Å². The molecule has 100 valence electrons. The van der Waals surface area contributed by atoms with Crippen LogP contribution < -0.4 is 11.1 Å². The molecule has 0 saturated heterocycles. The molecule has 0 saturated carbocycles. The third kappa shape index (κ3) is 3.48. The topological polar surface area (TPSA) is 90.4 Å². The predicted octanol–water partition coefficient (Wildman–Crippen LogP) is 2.88. The fourth-order valence-corrected chi connectivity index (χ4v) is 1.53. The van der Waals surface area contributed by atoms with E-state index in [9.17, 15) is 4.79 Å². The van der Waals surface area contributed by atoms with Gasteiger partial charge in [-0.15, -0.1) is 0 Å². The van der Waals surface area contributed by atoms with Gasteiger partial charge in [-0.3, -0.25) is 5.32 Å². The van der Waals surface area contributed by atoms with Gasteiger partial charge in [0.2, 0.25) is 0 Å². The van der Waals surface area contributed by atoms with Crippen molar-refractivity contribution in [3.8, 4) is 11.3 Å². The van der Waals surface area contributed by atoms with E-state index >= 15 is 0 Å². The summed E-state index contributed by atoms with van der Waals surface area (Å²) in [6.45, 7) is 3.57. The quantitative estimate of drug-likeness (QED) is 0.886. The van der Waals surface area contributed by atoms with Crippen molar-refractivity contribution < 1.29 is 13.9 Å². The summed E-state index contributed by atoms with van der Waals surface area (Å²) < 4.78 is 10.2. The van der Waals surface area contributed by atoms with Gasteiger partial charge in [0.1, 0.15) is 0 Å². The summed E-state index contributed by atoms with van der Waals surface area (Å²) in [5.74, 6) is 0.540. The molecule has 19 heavy (non-hydrogen) atoms. The van der Waals surface area contributed by atoms with Gasteiger partial charge in [0.05, 0.1) is 12.3 Å². The van der Waals surface area contributed by atoms with Gasteiger partial charge >= 0.3 is 6.09 Å². The molecule has 1 heterocycles. The van der Waals surface area contributed by atoms with Crippen molar-refractivity contribution in [1.82, 2.24) is 4.98 Å². The van der Waals surface area contributed by atoms with Crippen LogP contribution in [-0.4, -0.2) is 17.2 Å². The van der Waals surface area contributed by atoms with Gasteiger partial charge in [0.25, 0.3) is 6.01 Å². The third-order valence-electron chi connectivity index (χ3n) is 2.26. The van der Waals surface area contributed by atoms with Crippen LogP contribution in [0.3, 0.4) is 0 Å². The number of amides is 1. The van der Waals surface area contributed by atoms with Gasteiger partial charge < -0.3 is 14.9 Å². The number of aromatic nitrogens is 1. The van der Waals surface area contributed by atoms with Crippen LogP contribution in [0.1, 0.15) is 13.8 Å². The van der Waals surface area contributed by atoms with Crippen molar-refractivity contribution in [3.63, 3.8) is 0 Å². The zero-order chi connectivity index (χ0) is 13.8. The van der Waals surface area contributed by atoms with Crippen LogP contribution in [0.4, 0.5) is 16.5 Å². The summed E-state index contributed by atoms with van der Waals surface area (Å²) in [5, 5.41) is 2.64. The largest absolute Gasteiger partial charge is 0.447 e. The van der Waals surface area contributed by atoms with E-state index < -0.39 is 6.09 Å². The monoisotopic (exact) mass is 261 g/mol. The van der Waals surface area contributed by atoms with Gasteiger partial charge in [-0.2, -0.15) is 0 Å². The number of oxazole rings is 1. The molecule has 1 amide bonds.